The van der Waals surface area contributed by atoms with Gasteiger partial charge in [-0.15, -0.1) is 0 Å². The van der Waals surface area contributed by atoms with Gasteiger partial charge in [0.2, 0.25) is 0 Å². The Morgan fingerprint density at radius 3 is 2.53 bits per heavy atom. The molecule has 86 valence electrons. The third kappa shape index (κ3) is 2.94. The van der Waals surface area contributed by atoms with E-state index in [9.17, 15) is 0 Å². The second-order valence-corrected chi connectivity index (χ2v) is 4.71. The molecule has 2 aromatic rings. The van der Waals surface area contributed by atoms with Crippen LogP contribution in [0.5, 0.6) is 0 Å². The molecule has 0 unspecified atom stereocenters. The van der Waals surface area contributed by atoms with Crippen LogP contribution in [0.15, 0.2) is 58.0 Å². The SMILES string of the molecule is Cc1ccc(Br)cc1N=C(N)c1ccccc1. The number of nitrogens with zero attached hydrogens (tertiary/aromatic N) is 1. The summed E-state index contributed by atoms with van der Waals surface area (Å²) in [5, 5.41) is 0. The second kappa shape index (κ2) is 5.15. The fourth-order valence-corrected chi connectivity index (χ4v) is 1.86. The Morgan fingerprint density at radius 2 is 1.82 bits per heavy atom. The fourth-order valence-electron chi connectivity index (χ4n) is 1.51. The van der Waals surface area contributed by atoms with E-state index in [4.69, 9.17) is 5.73 Å². The maximum atomic E-state index is 5.98. The van der Waals surface area contributed by atoms with Gasteiger partial charge in [-0.05, 0) is 24.6 Å². The summed E-state index contributed by atoms with van der Waals surface area (Å²) in [7, 11) is 0. The topological polar surface area (TPSA) is 38.4 Å². The minimum Gasteiger partial charge on any atom is -0.383 e. The highest BCUT2D eigenvalue weighted by Gasteiger charge is 2.01. The lowest BCUT2D eigenvalue weighted by atomic mass is 10.2. The number of nitrogens with two attached hydrogens (primary N) is 1. The number of aliphatic imine (C=N–C) groups is 1. The first-order valence-electron chi connectivity index (χ1n) is 5.32. The van der Waals surface area contributed by atoms with Crippen LogP contribution in [-0.4, -0.2) is 5.84 Å². The van der Waals surface area contributed by atoms with Crippen LogP contribution in [0.1, 0.15) is 11.1 Å². The van der Waals surface area contributed by atoms with Crippen molar-refractivity contribution < 1.29 is 0 Å². The molecule has 0 saturated carbocycles. The Bertz CT molecular complexity index is 547. The number of amidine groups is 1. The first-order chi connectivity index (χ1) is 8.16. The van der Waals surface area contributed by atoms with Gasteiger partial charge in [0.15, 0.2) is 0 Å². The summed E-state index contributed by atoms with van der Waals surface area (Å²) in [5.74, 6) is 0.534. The molecule has 17 heavy (non-hydrogen) atoms. The predicted molar refractivity (Wildman–Crippen MR) is 75.7 cm³/mol. The van der Waals surface area contributed by atoms with Crippen molar-refractivity contribution in [3.63, 3.8) is 0 Å². The van der Waals surface area contributed by atoms with E-state index in [0.29, 0.717) is 5.84 Å². The summed E-state index contributed by atoms with van der Waals surface area (Å²) in [5.41, 5.74) is 8.91. The normalized spacial score (nSPS) is 11.5. The largest absolute Gasteiger partial charge is 0.383 e. The maximum absolute atomic E-state index is 5.98. The predicted octanol–water partition coefficient (Wildman–Crippen LogP) is 3.79. The van der Waals surface area contributed by atoms with Gasteiger partial charge in [0.1, 0.15) is 5.84 Å². The zero-order chi connectivity index (χ0) is 12.3. The monoisotopic (exact) mass is 288 g/mol. The maximum Gasteiger partial charge on any atom is 0.131 e. The molecule has 0 aliphatic carbocycles. The molecule has 2 rings (SSSR count). The van der Waals surface area contributed by atoms with Gasteiger partial charge in [0.25, 0.3) is 0 Å². The number of rotatable bonds is 2. The van der Waals surface area contributed by atoms with Gasteiger partial charge in [0.05, 0.1) is 5.69 Å². The molecule has 2 N–H and O–H groups in total. The Balaban J connectivity index is 2.39. The molecule has 0 radical (unpaired) electrons. The number of aryl methyl sites for hydroxylation is 1. The molecule has 2 nitrogen and oxygen atoms in total. The Kier molecular flexibility index (Phi) is 3.59. The van der Waals surface area contributed by atoms with Crippen LogP contribution < -0.4 is 5.73 Å². The quantitative estimate of drug-likeness (QED) is 0.663. The van der Waals surface area contributed by atoms with Gasteiger partial charge in [-0.25, -0.2) is 4.99 Å². The van der Waals surface area contributed by atoms with Crippen molar-refractivity contribution in [2.75, 3.05) is 0 Å². The van der Waals surface area contributed by atoms with E-state index in [-0.39, 0.29) is 0 Å². The molecule has 0 aromatic heterocycles. The van der Waals surface area contributed by atoms with E-state index in [1.807, 2.05) is 55.5 Å². The van der Waals surface area contributed by atoms with Crippen LogP contribution >= 0.6 is 15.9 Å². The summed E-state index contributed by atoms with van der Waals surface area (Å²) in [4.78, 5) is 4.45. The van der Waals surface area contributed by atoms with Crippen molar-refractivity contribution in [3.8, 4) is 0 Å². The molecule has 2 aromatic carbocycles. The van der Waals surface area contributed by atoms with E-state index < -0.39 is 0 Å². The van der Waals surface area contributed by atoms with Crippen LogP contribution in [0.4, 0.5) is 5.69 Å². The molecule has 0 bridgehead atoms. The van der Waals surface area contributed by atoms with Crippen LogP contribution in [0, 0.1) is 6.92 Å². The van der Waals surface area contributed by atoms with Crippen molar-refractivity contribution in [2.24, 2.45) is 10.7 Å². The highest BCUT2D eigenvalue weighted by atomic mass is 79.9. The van der Waals surface area contributed by atoms with Crippen molar-refractivity contribution in [2.45, 2.75) is 6.92 Å². The third-order valence-electron chi connectivity index (χ3n) is 2.48. The van der Waals surface area contributed by atoms with Crippen LogP contribution in [-0.2, 0) is 0 Å². The zero-order valence-electron chi connectivity index (χ0n) is 9.52. The van der Waals surface area contributed by atoms with Gasteiger partial charge in [-0.3, -0.25) is 0 Å². The Morgan fingerprint density at radius 1 is 1.12 bits per heavy atom. The van der Waals surface area contributed by atoms with Crippen molar-refractivity contribution in [1.29, 1.82) is 0 Å². The van der Waals surface area contributed by atoms with Gasteiger partial charge in [-0.2, -0.15) is 0 Å². The highest BCUT2D eigenvalue weighted by molar-refractivity contribution is 9.10. The lowest BCUT2D eigenvalue weighted by molar-refractivity contribution is 1.37. The van der Waals surface area contributed by atoms with Crippen molar-refractivity contribution in [3.05, 3.63) is 64.1 Å². The lowest BCUT2D eigenvalue weighted by Crippen LogP contribution is -2.12. The minimum absolute atomic E-state index is 0.534. The molecular weight excluding hydrogens is 276 g/mol. The van der Waals surface area contributed by atoms with Gasteiger partial charge in [0, 0.05) is 10.0 Å². The molecule has 0 fully saturated rings. The Labute approximate surface area is 109 Å². The molecule has 0 spiro atoms. The summed E-state index contributed by atoms with van der Waals surface area (Å²) in [6.45, 7) is 2.02. The minimum atomic E-state index is 0.534. The molecule has 0 saturated heterocycles. The van der Waals surface area contributed by atoms with Crippen LogP contribution in [0.2, 0.25) is 0 Å². The molecule has 0 aliphatic rings. The number of hydrogen-bond donors (Lipinski definition) is 1. The molecule has 0 aliphatic heterocycles. The third-order valence-corrected chi connectivity index (χ3v) is 2.97. The van der Waals surface area contributed by atoms with Crippen molar-refractivity contribution >= 4 is 27.5 Å². The van der Waals surface area contributed by atoms with Gasteiger partial charge >= 0.3 is 0 Å². The summed E-state index contributed by atoms with van der Waals surface area (Å²) < 4.78 is 1.00. The van der Waals surface area contributed by atoms with E-state index >= 15 is 0 Å². The smallest absolute Gasteiger partial charge is 0.131 e. The van der Waals surface area contributed by atoms with E-state index in [0.717, 1.165) is 21.3 Å². The first-order valence-corrected chi connectivity index (χ1v) is 6.12. The average molecular weight is 289 g/mol. The molecule has 3 heteroatoms. The van der Waals surface area contributed by atoms with E-state index in [1.54, 1.807) is 0 Å². The standard InChI is InChI=1S/C14H13BrN2/c1-10-7-8-12(15)9-13(10)17-14(16)11-5-3-2-4-6-11/h2-9H,1H3,(H2,16,17). The first kappa shape index (κ1) is 11.9. The number of halogens is 1. The van der Waals surface area contributed by atoms with Crippen molar-refractivity contribution in [1.82, 2.24) is 0 Å². The molecule has 0 amide bonds. The molecular formula is C14H13BrN2. The van der Waals surface area contributed by atoms with E-state index in [1.165, 1.54) is 0 Å². The second-order valence-electron chi connectivity index (χ2n) is 3.79. The summed E-state index contributed by atoms with van der Waals surface area (Å²) in [6.07, 6.45) is 0. The molecule has 0 heterocycles. The average Bonchev–Trinajstić information content (AvgIpc) is 2.35. The Hall–Kier alpha value is -1.61. The fraction of sp³-hybridized carbons (Fsp3) is 0.0714. The number of benzene rings is 2. The highest BCUT2D eigenvalue weighted by Crippen LogP contribution is 2.23. The summed E-state index contributed by atoms with van der Waals surface area (Å²) in [6, 6.07) is 15.7. The van der Waals surface area contributed by atoms with Crippen LogP contribution in [0.3, 0.4) is 0 Å². The van der Waals surface area contributed by atoms with E-state index in [2.05, 4.69) is 20.9 Å². The summed E-state index contributed by atoms with van der Waals surface area (Å²) >= 11 is 3.43. The van der Waals surface area contributed by atoms with Gasteiger partial charge in [-0.1, -0.05) is 52.3 Å². The molecule has 0 atom stereocenters. The van der Waals surface area contributed by atoms with Crippen LogP contribution in [0.25, 0.3) is 0 Å². The van der Waals surface area contributed by atoms with Gasteiger partial charge < -0.3 is 5.73 Å². The number of hydrogen-bond acceptors (Lipinski definition) is 1. The lowest BCUT2D eigenvalue weighted by Gasteiger charge is -2.04. The zero-order valence-corrected chi connectivity index (χ0v) is 11.1.